The highest BCUT2D eigenvalue weighted by atomic mass is 16.6. The minimum Gasteiger partial charge on any atom is -0.444 e. The van der Waals surface area contributed by atoms with Crippen LogP contribution in [0.3, 0.4) is 0 Å². The van der Waals surface area contributed by atoms with Crippen molar-refractivity contribution < 1.29 is 19.4 Å². The minimum absolute atomic E-state index is 0.0434. The van der Waals surface area contributed by atoms with E-state index in [0.29, 0.717) is 26.1 Å². The summed E-state index contributed by atoms with van der Waals surface area (Å²) in [5.74, 6) is -0.104. The molecular formula is C13H24N2O4. The van der Waals surface area contributed by atoms with Crippen molar-refractivity contribution in [1.29, 1.82) is 0 Å². The van der Waals surface area contributed by atoms with Gasteiger partial charge < -0.3 is 20.1 Å². The number of nitrogens with zero attached hydrogens (tertiary/aromatic N) is 1. The van der Waals surface area contributed by atoms with Crippen molar-refractivity contribution in [3.63, 3.8) is 0 Å². The van der Waals surface area contributed by atoms with Gasteiger partial charge in [-0.15, -0.1) is 0 Å². The molecule has 2 amide bonds. The average molecular weight is 272 g/mol. The number of likely N-dealkylation sites (tertiary alicyclic amines) is 1. The maximum absolute atomic E-state index is 11.8. The first-order valence-corrected chi connectivity index (χ1v) is 6.51. The smallest absolute Gasteiger partial charge is 0.410 e. The van der Waals surface area contributed by atoms with Gasteiger partial charge in [0.1, 0.15) is 5.60 Å². The van der Waals surface area contributed by atoms with Crippen LogP contribution in [0.1, 0.15) is 34.1 Å². The molecule has 0 aromatic rings. The number of aliphatic hydroxyl groups is 1. The molecule has 1 heterocycles. The standard InChI is InChI=1S/C13H24N2O4/c1-10(17)14-7-13(5-6-16)8-15(9-13)11(18)19-12(2,3)4/h16H,5-9H2,1-4H3,(H,14,17). The van der Waals surface area contributed by atoms with E-state index in [1.54, 1.807) is 4.90 Å². The Morgan fingerprint density at radius 3 is 2.37 bits per heavy atom. The monoisotopic (exact) mass is 272 g/mol. The summed E-state index contributed by atoms with van der Waals surface area (Å²) in [5.41, 5.74) is -0.735. The van der Waals surface area contributed by atoms with Crippen molar-refractivity contribution in [2.75, 3.05) is 26.2 Å². The normalized spacial score (nSPS) is 17.6. The molecule has 0 spiro atoms. The van der Waals surface area contributed by atoms with E-state index in [2.05, 4.69) is 5.32 Å². The van der Waals surface area contributed by atoms with E-state index < -0.39 is 5.60 Å². The third kappa shape index (κ3) is 4.70. The highest BCUT2D eigenvalue weighted by Gasteiger charge is 2.46. The van der Waals surface area contributed by atoms with E-state index in [9.17, 15) is 9.59 Å². The Hall–Kier alpha value is -1.30. The lowest BCUT2D eigenvalue weighted by atomic mass is 9.77. The molecule has 0 aliphatic carbocycles. The lowest BCUT2D eigenvalue weighted by Crippen LogP contribution is -2.63. The molecule has 0 bridgehead atoms. The van der Waals surface area contributed by atoms with Crippen LogP contribution in [0, 0.1) is 5.41 Å². The molecule has 0 aromatic heterocycles. The fourth-order valence-electron chi connectivity index (χ4n) is 2.13. The summed E-state index contributed by atoms with van der Waals surface area (Å²) >= 11 is 0. The van der Waals surface area contributed by atoms with Crippen LogP contribution in [-0.2, 0) is 9.53 Å². The zero-order chi connectivity index (χ0) is 14.7. The van der Waals surface area contributed by atoms with Gasteiger partial charge in [-0.2, -0.15) is 0 Å². The van der Waals surface area contributed by atoms with Crippen molar-refractivity contribution in [1.82, 2.24) is 10.2 Å². The van der Waals surface area contributed by atoms with E-state index in [-0.39, 0.29) is 24.0 Å². The fourth-order valence-corrected chi connectivity index (χ4v) is 2.13. The summed E-state index contributed by atoms with van der Waals surface area (Å²) in [4.78, 5) is 24.4. The highest BCUT2D eigenvalue weighted by Crippen LogP contribution is 2.34. The van der Waals surface area contributed by atoms with Gasteiger partial charge in [-0.25, -0.2) is 4.79 Å². The second kappa shape index (κ2) is 5.77. The lowest BCUT2D eigenvalue weighted by molar-refractivity contribution is -0.120. The number of nitrogens with one attached hydrogen (secondary N) is 1. The van der Waals surface area contributed by atoms with Crippen LogP contribution in [0.5, 0.6) is 0 Å². The molecule has 6 heteroatoms. The van der Waals surface area contributed by atoms with Crippen molar-refractivity contribution in [3.05, 3.63) is 0 Å². The highest BCUT2D eigenvalue weighted by molar-refractivity contribution is 5.73. The molecule has 0 saturated carbocycles. The number of amides is 2. The first-order valence-electron chi connectivity index (χ1n) is 6.51. The van der Waals surface area contributed by atoms with Gasteiger partial charge in [0, 0.05) is 38.6 Å². The van der Waals surface area contributed by atoms with Crippen LogP contribution in [0.25, 0.3) is 0 Å². The van der Waals surface area contributed by atoms with Gasteiger partial charge in [-0.1, -0.05) is 0 Å². The number of hydrogen-bond donors (Lipinski definition) is 2. The number of hydrogen-bond acceptors (Lipinski definition) is 4. The molecule has 0 unspecified atom stereocenters. The predicted molar refractivity (Wildman–Crippen MR) is 70.6 cm³/mol. The zero-order valence-corrected chi connectivity index (χ0v) is 12.2. The number of carbonyl (C=O) groups excluding carboxylic acids is 2. The maximum Gasteiger partial charge on any atom is 0.410 e. The van der Waals surface area contributed by atoms with E-state index in [1.165, 1.54) is 6.92 Å². The zero-order valence-electron chi connectivity index (χ0n) is 12.2. The summed E-state index contributed by atoms with van der Waals surface area (Å²) in [6, 6.07) is 0. The van der Waals surface area contributed by atoms with Gasteiger partial charge in [-0.05, 0) is 27.2 Å². The quantitative estimate of drug-likeness (QED) is 0.791. The van der Waals surface area contributed by atoms with E-state index >= 15 is 0 Å². The van der Waals surface area contributed by atoms with Crippen molar-refractivity contribution in [2.24, 2.45) is 5.41 Å². The largest absolute Gasteiger partial charge is 0.444 e. The van der Waals surface area contributed by atoms with Crippen LogP contribution in [0.2, 0.25) is 0 Å². The molecule has 0 radical (unpaired) electrons. The summed E-state index contributed by atoms with van der Waals surface area (Å²) < 4.78 is 5.28. The summed E-state index contributed by atoms with van der Waals surface area (Å²) in [6.45, 7) is 8.45. The number of aliphatic hydroxyl groups excluding tert-OH is 1. The van der Waals surface area contributed by atoms with Gasteiger partial charge in [0.25, 0.3) is 0 Å². The summed E-state index contributed by atoms with van der Waals surface area (Å²) in [7, 11) is 0. The van der Waals surface area contributed by atoms with Crippen molar-refractivity contribution >= 4 is 12.0 Å². The van der Waals surface area contributed by atoms with Gasteiger partial charge in [0.2, 0.25) is 5.91 Å². The van der Waals surface area contributed by atoms with E-state index in [4.69, 9.17) is 9.84 Å². The third-order valence-corrected chi connectivity index (χ3v) is 3.06. The lowest BCUT2D eigenvalue weighted by Gasteiger charge is -2.49. The van der Waals surface area contributed by atoms with Gasteiger partial charge >= 0.3 is 6.09 Å². The Labute approximate surface area is 114 Å². The Morgan fingerprint density at radius 2 is 1.95 bits per heavy atom. The number of rotatable bonds is 4. The van der Waals surface area contributed by atoms with Crippen LogP contribution < -0.4 is 5.32 Å². The van der Waals surface area contributed by atoms with E-state index in [1.807, 2.05) is 20.8 Å². The van der Waals surface area contributed by atoms with E-state index in [0.717, 1.165) is 0 Å². The van der Waals surface area contributed by atoms with Crippen molar-refractivity contribution in [3.8, 4) is 0 Å². The number of ether oxygens (including phenoxy) is 1. The molecule has 1 fully saturated rings. The molecule has 1 saturated heterocycles. The molecular weight excluding hydrogens is 248 g/mol. The van der Waals surface area contributed by atoms with Crippen LogP contribution in [-0.4, -0.2) is 53.8 Å². The second-order valence-corrected chi connectivity index (χ2v) is 6.22. The molecule has 2 N–H and O–H groups in total. The molecule has 0 atom stereocenters. The van der Waals surface area contributed by atoms with Gasteiger partial charge in [-0.3, -0.25) is 4.79 Å². The van der Waals surface area contributed by atoms with Crippen molar-refractivity contribution in [2.45, 2.75) is 39.7 Å². The van der Waals surface area contributed by atoms with Crippen LogP contribution >= 0.6 is 0 Å². The van der Waals surface area contributed by atoms with Gasteiger partial charge in [0.15, 0.2) is 0 Å². The molecule has 19 heavy (non-hydrogen) atoms. The maximum atomic E-state index is 11.8. The summed E-state index contributed by atoms with van der Waals surface area (Å²) in [6.07, 6.45) is 0.218. The molecule has 110 valence electrons. The molecule has 0 aromatic carbocycles. The van der Waals surface area contributed by atoms with Crippen LogP contribution in [0.4, 0.5) is 4.79 Å². The first kappa shape index (κ1) is 15.8. The minimum atomic E-state index is -0.510. The SMILES string of the molecule is CC(=O)NCC1(CCO)CN(C(=O)OC(C)(C)C)C1. The summed E-state index contributed by atoms with van der Waals surface area (Å²) in [5, 5.41) is 11.8. The Balaban J connectivity index is 2.49. The predicted octanol–water partition coefficient (Wildman–Crippen LogP) is 0.742. The average Bonchev–Trinajstić information content (AvgIpc) is 2.18. The van der Waals surface area contributed by atoms with Gasteiger partial charge in [0.05, 0.1) is 0 Å². The molecule has 1 aliphatic rings. The molecule has 1 rings (SSSR count). The Morgan fingerprint density at radius 1 is 1.37 bits per heavy atom. The second-order valence-electron chi connectivity index (χ2n) is 6.22. The molecule has 1 aliphatic heterocycles. The Kier molecular flexibility index (Phi) is 4.79. The molecule has 6 nitrogen and oxygen atoms in total. The topological polar surface area (TPSA) is 78.9 Å². The Bertz CT molecular complexity index is 343. The number of carbonyl (C=O) groups is 2. The van der Waals surface area contributed by atoms with Crippen LogP contribution in [0.15, 0.2) is 0 Å². The fraction of sp³-hybridized carbons (Fsp3) is 0.846. The third-order valence-electron chi connectivity index (χ3n) is 3.06. The first-order chi connectivity index (χ1) is 8.67.